The molecule has 0 spiro atoms. The first-order chi connectivity index (χ1) is 13.7. The number of tetrazole rings is 1. The average molecular weight is 385 g/mol. The Morgan fingerprint density at radius 1 is 1.14 bits per heavy atom. The van der Waals surface area contributed by atoms with Crippen molar-refractivity contribution in [1.82, 2.24) is 20.2 Å². The number of benzene rings is 1. The lowest BCUT2D eigenvalue weighted by atomic mass is 9.96. The second kappa shape index (κ2) is 9.34. The summed E-state index contributed by atoms with van der Waals surface area (Å²) in [5.41, 5.74) is 2.09. The standard InChI is InChI=1S/C20H27N5O3/c1-4-6-12-27-16-10-8-15(9-11-16)18-17(19(26)28-13-7-5-2)14(3)21-20-22-23-24-25(18)20/h8-11,18H,4-7,12-13H2,1-3H3,(H,21,22,24). The zero-order valence-corrected chi connectivity index (χ0v) is 16.6. The number of unbranched alkanes of at least 4 members (excludes halogenated alkanes) is 2. The second-order valence-electron chi connectivity index (χ2n) is 6.77. The van der Waals surface area contributed by atoms with Crippen LogP contribution in [0.5, 0.6) is 5.75 Å². The van der Waals surface area contributed by atoms with Gasteiger partial charge in [-0.3, -0.25) is 0 Å². The predicted molar refractivity (Wildman–Crippen MR) is 105 cm³/mol. The topological polar surface area (TPSA) is 91.2 Å². The summed E-state index contributed by atoms with van der Waals surface area (Å²) in [6.45, 7) is 7.10. The molecular formula is C20H27N5O3. The van der Waals surface area contributed by atoms with Gasteiger partial charge >= 0.3 is 5.97 Å². The van der Waals surface area contributed by atoms with E-state index in [1.807, 2.05) is 31.2 Å². The van der Waals surface area contributed by atoms with E-state index in [1.165, 1.54) is 0 Å². The quantitative estimate of drug-likeness (QED) is 0.522. The summed E-state index contributed by atoms with van der Waals surface area (Å²) in [4.78, 5) is 12.8. The van der Waals surface area contributed by atoms with Crippen LogP contribution in [0.25, 0.3) is 0 Å². The molecule has 1 aromatic heterocycles. The Morgan fingerprint density at radius 3 is 2.57 bits per heavy atom. The van der Waals surface area contributed by atoms with Gasteiger partial charge in [-0.2, -0.15) is 4.68 Å². The molecule has 1 aliphatic rings. The third-order valence-corrected chi connectivity index (χ3v) is 4.63. The van der Waals surface area contributed by atoms with E-state index in [4.69, 9.17) is 9.47 Å². The van der Waals surface area contributed by atoms with E-state index < -0.39 is 6.04 Å². The maximum absolute atomic E-state index is 12.8. The van der Waals surface area contributed by atoms with Gasteiger partial charge in [0, 0.05) is 5.70 Å². The summed E-state index contributed by atoms with van der Waals surface area (Å²) >= 11 is 0. The number of carbonyl (C=O) groups excluding carboxylic acids is 1. The molecule has 1 unspecified atom stereocenters. The van der Waals surface area contributed by atoms with Crippen molar-refractivity contribution in [1.29, 1.82) is 0 Å². The summed E-state index contributed by atoms with van der Waals surface area (Å²) in [6, 6.07) is 7.24. The molecule has 0 aliphatic carbocycles. The number of esters is 1. The molecule has 1 N–H and O–H groups in total. The van der Waals surface area contributed by atoms with Crippen LogP contribution in [-0.2, 0) is 9.53 Å². The first kappa shape index (κ1) is 19.9. The zero-order valence-electron chi connectivity index (χ0n) is 16.6. The van der Waals surface area contributed by atoms with Crippen molar-refractivity contribution in [2.45, 2.75) is 52.5 Å². The van der Waals surface area contributed by atoms with E-state index >= 15 is 0 Å². The molecule has 0 saturated carbocycles. The van der Waals surface area contributed by atoms with Crippen molar-refractivity contribution < 1.29 is 14.3 Å². The highest BCUT2D eigenvalue weighted by atomic mass is 16.5. The molecule has 2 aromatic rings. The van der Waals surface area contributed by atoms with E-state index in [9.17, 15) is 4.79 Å². The molecule has 0 fully saturated rings. The lowest BCUT2D eigenvalue weighted by Gasteiger charge is -2.27. The van der Waals surface area contributed by atoms with Gasteiger partial charge in [-0.05, 0) is 47.9 Å². The molecule has 0 bridgehead atoms. The number of hydrogen-bond donors (Lipinski definition) is 1. The molecule has 3 rings (SSSR count). The summed E-state index contributed by atoms with van der Waals surface area (Å²) in [5.74, 6) is 0.944. The van der Waals surface area contributed by atoms with Gasteiger partial charge in [0.05, 0.1) is 18.8 Å². The SMILES string of the molecule is CCCCOC(=O)C1=C(C)Nc2nnnn2C1c1ccc(OCCCC)cc1. The van der Waals surface area contributed by atoms with Gasteiger partial charge < -0.3 is 14.8 Å². The summed E-state index contributed by atoms with van der Waals surface area (Å²) in [7, 11) is 0. The number of allylic oxidation sites excluding steroid dienone is 1. The van der Waals surface area contributed by atoms with Crippen molar-refractivity contribution in [3.63, 3.8) is 0 Å². The molecule has 8 nitrogen and oxygen atoms in total. The van der Waals surface area contributed by atoms with Crippen LogP contribution in [0.1, 0.15) is 58.1 Å². The number of anilines is 1. The lowest BCUT2D eigenvalue weighted by Crippen LogP contribution is -2.29. The second-order valence-corrected chi connectivity index (χ2v) is 6.77. The van der Waals surface area contributed by atoms with Gasteiger partial charge in [-0.1, -0.05) is 43.9 Å². The Morgan fingerprint density at radius 2 is 1.86 bits per heavy atom. The largest absolute Gasteiger partial charge is 0.494 e. The molecule has 1 aromatic carbocycles. The average Bonchev–Trinajstić information content (AvgIpc) is 3.16. The van der Waals surface area contributed by atoms with Gasteiger partial charge in [0.2, 0.25) is 5.95 Å². The summed E-state index contributed by atoms with van der Waals surface area (Å²) in [5, 5.41) is 14.9. The predicted octanol–water partition coefficient (Wildman–Crippen LogP) is 3.48. The van der Waals surface area contributed by atoms with E-state index in [-0.39, 0.29) is 5.97 Å². The lowest BCUT2D eigenvalue weighted by molar-refractivity contribution is -0.139. The fraction of sp³-hybridized carbons (Fsp3) is 0.500. The molecule has 0 saturated heterocycles. The highest BCUT2D eigenvalue weighted by Gasteiger charge is 2.34. The fourth-order valence-corrected chi connectivity index (χ4v) is 3.05. The molecule has 150 valence electrons. The Bertz CT molecular complexity index is 829. The van der Waals surface area contributed by atoms with Crippen LogP contribution in [0.2, 0.25) is 0 Å². The first-order valence-corrected chi connectivity index (χ1v) is 9.81. The molecule has 1 aliphatic heterocycles. The van der Waals surface area contributed by atoms with Crippen molar-refractivity contribution in [3.05, 3.63) is 41.1 Å². The minimum Gasteiger partial charge on any atom is -0.494 e. The van der Waals surface area contributed by atoms with E-state index in [1.54, 1.807) is 4.68 Å². The third-order valence-electron chi connectivity index (χ3n) is 4.63. The van der Waals surface area contributed by atoms with Crippen molar-refractivity contribution in [2.24, 2.45) is 0 Å². The minimum atomic E-state index is -0.454. The number of fused-ring (bicyclic) bond motifs is 1. The maximum atomic E-state index is 12.8. The van der Waals surface area contributed by atoms with Crippen molar-refractivity contribution in [2.75, 3.05) is 18.5 Å². The molecule has 8 heteroatoms. The number of hydrogen-bond acceptors (Lipinski definition) is 7. The number of nitrogens with zero attached hydrogens (tertiary/aromatic N) is 4. The first-order valence-electron chi connectivity index (χ1n) is 9.81. The van der Waals surface area contributed by atoms with Gasteiger partial charge in [0.25, 0.3) is 0 Å². The fourth-order valence-electron chi connectivity index (χ4n) is 3.05. The van der Waals surface area contributed by atoms with Gasteiger partial charge in [-0.15, -0.1) is 0 Å². The van der Waals surface area contributed by atoms with Crippen molar-refractivity contribution in [3.8, 4) is 5.75 Å². The molecule has 0 amide bonds. The molecule has 1 atom stereocenters. The van der Waals surface area contributed by atoms with Gasteiger partial charge in [0.15, 0.2) is 0 Å². The highest BCUT2D eigenvalue weighted by Crippen LogP contribution is 2.35. The summed E-state index contributed by atoms with van der Waals surface area (Å²) in [6.07, 6.45) is 3.89. The van der Waals surface area contributed by atoms with Crippen LogP contribution in [0.15, 0.2) is 35.5 Å². The van der Waals surface area contributed by atoms with E-state index in [2.05, 4.69) is 34.7 Å². The van der Waals surface area contributed by atoms with Crippen LogP contribution < -0.4 is 10.1 Å². The third kappa shape index (κ3) is 4.32. The van der Waals surface area contributed by atoms with Crippen LogP contribution in [0.4, 0.5) is 5.95 Å². The number of rotatable bonds is 9. The number of aromatic nitrogens is 4. The smallest absolute Gasteiger partial charge is 0.338 e. The van der Waals surface area contributed by atoms with E-state index in [0.717, 1.165) is 37.0 Å². The number of ether oxygens (including phenoxy) is 2. The van der Waals surface area contributed by atoms with E-state index in [0.29, 0.717) is 30.4 Å². The molecular weight excluding hydrogens is 358 g/mol. The minimum absolute atomic E-state index is 0.354. The monoisotopic (exact) mass is 385 g/mol. The Hall–Kier alpha value is -2.90. The molecule has 28 heavy (non-hydrogen) atoms. The zero-order chi connectivity index (χ0) is 19.9. The van der Waals surface area contributed by atoms with Crippen LogP contribution in [0, 0.1) is 0 Å². The Kier molecular flexibility index (Phi) is 6.62. The molecule has 0 radical (unpaired) electrons. The van der Waals surface area contributed by atoms with Gasteiger partial charge in [0.1, 0.15) is 11.8 Å². The number of nitrogens with one attached hydrogen (secondary N) is 1. The maximum Gasteiger partial charge on any atom is 0.338 e. The summed E-state index contributed by atoms with van der Waals surface area (Å²) < 4.78 is 12.8. The molecule has 2 heterocycles. The highest BCUT2D eigenvalue weighted by molar-refractivity contribution is 5.92. The normalized spacial score (nSPS) is 15.8. The van der Waals surface area contributed by atoms with Crippen LogP contribution in [0.3, 0.4) is 0 Å². The Balaban J connectivity index is 1.88. The van der Waals surface area contributed by atoms with Crippen molar-refractivity contribution >= 4 is 11.9 Å². The Labute approximate surface area is 164 Å². The number of carbonyl (C=O) groups is 1. The van der Waals surface area contributed by atoms with Crippen LogP contribution >= 0.6 is 0 Å². The van der Waals surface area contributed by atoms with Crippen LogP contribution in [-0.4, -0.2) is 39.4 Å². The van der Waals surface area contributed by atoms with Gasteiger partial charge in [-0.25, -0.2) is 4.79 Å².